The summed E-state index contributed by atoms with van der Waals surface area (Å²) in [6, 6.07) is 1.54. The van der Waals surface area contributed by atoms with Crippen molar-refractivity contribution in [3.05, 3.63) is 21.0 Å². The fourth-order valence-corrected chi connectivity index (χ4v) is 3.49. The lowest BCUT2D eigenvalue weighted by Crippen LogP contribution is -2.07. The number of sulfone groups is 1. The molecule has 1 aromatic heterocycles. The minimum Gasteiger partial charge on any atom is -0.242 e. The van der Waals surface area contributed by atoms with E-state index < -0.39 is 9.84 Å². The Bertz CT molecular complexity index is 433. The minimum absolute atomic E-state index is 0.0545. The van der Waals surface area contributed by atoms with E-state index in [0.29, 0.717) is 6.42 Å². The summed E-state index contributed by atoms with van der Waals surface area (Å²) in [5.41, 5.74) is 0. The number of pyridine rings is 1. The van der Waals surface area contributed by atoms with E-state index in [4.69, 9.17) is 11.6 Å². The zero-order chi connectivity index (χ0) is 10.8. The molecular formula is C8H9ClINO2S. The van der Waals surface area contributed by atoms with E-state index >= 15 is 0 Å². The molecule has 0 aliphatic carbocycles. The summed E-state index contributed by atoms with van der Waals surface area (Å²) in [5.74, 6) is 0.106. The predicted molar refractivity (Wildman–Crippen MR) is 64.3 cm³/mol. The van der Waals surface area contributed by atoms with E-state index in [-0.39, 0.29) is 15.8 Å². The van der Waals surface area contributed by atoms with Crippen LogP contribution in [0.3, 0.4) is 0 Å². The Hall–Kier alpha value is 0.120. The van der Waals surface area contributed by atoms with Gasteiger partial charge in [-0.15, -0.1) is 0 Å². The van der Waals surface area contributed by atoms with Gasteiger partial charge in [0.25, 0.3) is 0 Å². The molecule has 78 valence electrons. The average Bonchev–Trinajstić information content (AvgIpc) is 2.09. The summed E-state index contributed by atoms with van der Waals surface area (Å²) in [4.78, 5) is 3.94. The molecule has 0 fully saturated rings. The van der Waals surface area contributed by atoms with Crippen LogP contribution in [0.5, 0.6) is 0 Å². The summed E-state index contributed by atoms with van der Waals surface area (Å²) in [7, 11) is -3.26. The lowest BCUT2D eigenvalue weighted by atomic mass is 10.5. The van der Waals surface area contributed by atoms with Crippen LogP contribution in [0.1, 0.15) is 13.3 Å². The van der Waals surface area contributed by atoms with Crippen molar-refractivity contribution in [3.8, 4) is 0 Å². The highest BCUT2D eigenvalue weighted by Crippen LogP contribution is 2.22. The fraction of sp³-hybridized carbons (Fsp3) is 0.375. The molecule has 0 bridgehead atoms. The molecule has 0 radical (unpaired) electrons. The van der Waals surface area contributed by atoms with Crippen LogP contribution in [-0.4, -0.2) is 19.2 Å². The first-order valence-electron chi connectivity index (χ1n) is 4.01. The number of rotatable bonds is 3. The highest BCUT2D eigenvalue weighted by molar-refractivity contribution is 14.1. The van der Waals surface area contributed by atoms with Crippen molar-refractivity contribution in [2.45, 2.75) is 18.2 Å². The largest absolute Gasteiger partial charge is 0.242 e. The van der Waals surface area contributed by atoms with Crippen molar-refractivity contribution >= 4 is 44.0 Å². The van der Waals surface area contributed by atoms with Gasteiger partial charge in [0.15, 0.2) is 9.84 Å². The molecule has 14 heavy (non-hydrogen) atoms. The standard InChI is InChI=1S/C8H9ClINO2S/c1-2-3-14(12,13)7-4-6(10)5-11-8(7)9/h4-5H,2-3H2,1H3. The average molecular weight is 346 g/mol. The first-order chi connectivity index (χ1) is 6.47. The number of nitrogens with zero attached hydrogens (tertiary/aromatic N) is 1. The van der Waals surface area contributed by atoms with Crippen LogP contribution in [0, 0.1) is 3.57 Å². The van der Waals surface area contributed by atoms with Gasteiger partial charge in [-0.3, -0.25) is 0 Å². The summed E-state index contributed by atoms with van der Waals surface area (Å²) in [6.45, 7) is 1.81. The van der Waals surface area contributed by atoms with Gasteiger partial charge in [-0.05, 0) is 35.1 Å². The maximum Gasteiger partial charge on any atom is 0.181 e. The lowest BCUT2D eigenvalue weighted by molar-refractivity contribution is 0.594. The Morgan fingerprint density at radius 1 is 1.57 bits per heavy atom. The smallest absolute Gasteiger partial charge is 0.181 e. The molecule has 0 aliphatic heterocycles. The highest BCUT2D eigenvalue weighted by atomic mass is 127. The van der Waals surface area contributed by atoms with Crippen molar-refractivity contribution in [2.24, 2.45) is 0 Å². The van der Waals surface area contributed by atoms with E-state index in [1.54, 1.807) is 6.07 Å². The van der Waals surface area contributed by atoms with Gasteiger partial charge in [-0.25, -0.2) is 13.4 Å². The molecule has 0 saturated carbocycles. The molecule has 0 atom stereocenters. The third kappa shape index (κ3) is 2.80. The Morgan fingerprint density at radius 3 is 2.79 bits per heavy atom. The van der Waals surface area contributed by atoms with Gasteiger partial charge in [-0.2, -0.15) is 0 Å². The second-order valence-corrected chi connectivity index (χ2v) is 6.44. The molecule has 1 heterocycles. The van der Waals surface area contributed by atoms with Gasteiger partial charge in [0.05, 0.1) is 5.75 Å². The molecule has 6 heteroatoms. The van der Waals surface area contributed by atoms with Crippen LogP contribution in [0.25, 0.3) is 0 Å². The Morgan fingerprint density at radius 2 is 2.21 bits per heavy atom. The quantitative estimate of drug-likeness (QED) is 0.625. The van der Waals surface area contributed by atoms with Crippen molar-refractivity contribution in [3.63, 3.8) is 0 Å². The Kier molecular flexibility index (Phi) is 4.15. The number of aromatic nitrogens is 1. The second kappa shape index (κ2) is 4.76. The SMILES string of the molecule is CCCS(=O)(=O)c1cc(I)cnc1Cl. The molecule has 1 rings (SSSR count). The minimum atomic E-state index is -3.26. The third-order valence-corrected chi connectivity index (χ3v) is 4.51. The molecule has 0 amide bonds. The maximum atomic E-state index is 11.7. The van der Waals surface area contributed by atoms with Crippen LogP contribution in [-0.2, 0) is 9.84 Å². The highest BCUT2D eigenvalue weighted by Gasteiger charge is 2.18. The van der Waals surface area contributed by atoms with Gasteiger partial charge < -0.3 is 0 Å². The lowest BCUT2D eigenvalue weighted by Gasteiger charge is -2.04. The van der Waals surface area contributed by atoms with Crippen LogP contribution in [0.15, 0.2) is 17.2 Å². The monoisotopic (exact) mass is 345 g/mol. The van der Waals surface area contributed by atoms with Gasteiger partial charge in [0.2, 0.25) is 0 Å². The number of hydrogen-bond acceptors (Lipinski definition) is 3. The van der Waals surface area contributed by atoms with Crippen molar-refractivity contribution in [1.82, 2.24) is 4.98 Å². The van der Waals surface area contributed by atoms with Gasteiger partial charge in [-0.1, -0.05) is 18.5 Å². The molecule has 0 aromatic carbocycles. The number of hydrogen-bond donors (Lipinski definition) is 0. The molecular weight excluding hydrogens is 337 g/mol. The summed E-state index contributed by atoms with van der Waals surface area (Å²) in [6.07, 6.45) is 2.11. The first kappa shape index (κ1) is 12.2. The molecule has 1 aromatic rings. The zero-order valence-corrected chi connectivity index (χ0v) is 11.2. The molecule has 3 nitrogen and oxygen atoms in total. The maximum absolute atomic E-state index is 11.7. The van der Waals surface area contributed by atoms with Crippen molar-refractivity contribution < 1.29 is 8.42 Å². The Labute approximate surface area is 102 Å². The van der Waals surface area contributed by atoms with Crippen LogP contribution in [0.2, 0.25) is 5.15 Å². The van der Waals surface area contributed by atoms with Crippen LogP contribution in [0.4, 0.5) is 0 Å². The third-order valence-electron chi connectivity index (χ3n) is 1.58. The second-order valence-electron chi connectivity index (χ2n) is 2.76. The van der Waals surface area contributed by atoms with Gasteiger partial charge in [0.1, 0.15) is 10.0 Å². The zero-order valence-electron chi connectivity index (χ0n) is 7.50. The summed E-state index contributed by atoms with van der Waals surface area (Å²) in [5, 5.41) is 0.0545. The van der Waals surface area contributed by atoms with Crippen LogP contribution < -0.4 is 0 Å². The number of halogens is 2. The topological polar surface area (TPSA) is 47.0 Å². The summed E-state index contributed by atoms with van der Waals surface area (Å²) < 4.78 is 24.1. The van der Waals surface area contributed by atoms with Crippen molar-refractivity contribution in [1.29, 1.82) is 0 Å². The first-order valence-corrected chi connectivity index (χ1v) is 7.12. The fourth-order valence-electron chi connectivity index (χ4n) is 1.00. The molecule has 0 N–H and O–H groups in total. The van der Waals surface area contributed by atoms with Crippen molar-refractivity contribution in [2.75, 3.05) is 5.75 Å². The summed E-state index contributed by atoms with van der Waals surface area (Å²) >= 11 is 7.73. The van der Waals surface area contributed by atoms with Crippen LogP contribution >= 0.6 is 34.2 Å². The van der Waals surface area contributed by atoms with Gasteiger partial charge >= 0.3 is 0 Å². The molecule has 0 saturated heterocycles. The van der Waals surface area contributed by atoms with E-state index in [1.807, 2.05) is 29.5 Å². The van der Waals surface area contributed by atoms with Gasteiger partial charge in [0, 0.05) is 9.77 Å². The molecule has 0 spiro atoms. The van der Waals surface area contributed by atoms with E-state index in [2.05, 4.69) is 4.98 Å². The normalized spacial score (nSPS) is 11.6. The molecule has 0 unspecified atom stereocenters. The van der Waals surface area contributed by atoms with E-state index in [1.165, 1.54) is 6.20 Å². The van der Waals surface area contributed by atoms with E-state index in [0.717, 1.165) is 3.57 Å². The predicted octanol–water partition coefficient (Wildman–Crippen LogP) is 2.52. The Balaban J connectivity index is 3.25. The molecule has 0 aliphatic rings. The van der Waals surface area contributed by atoms with E-state index in [9.17, 15) is 8.42 Å².